The van der Waals surface area contributed by atoms with Crippen molar-refractivity contribution in [2.24, 2.45) is 5.92 Å². The van der Waals surface area contributed by atoms with Crippen LogP contribution in [-0.4, -0.2) is 68.7 Å². The number of nitrogens with zero attached hydrogens (tertiary/aromatic N) is 3. The minimum atomic E-state index is 0.141. The van der Waals surface area contributed by atoms with Crippen LogP contribution in [-0.2, 0) is 6.54 Å². The lowest BCUT2D eigenvalue weighted by atomic mass is 9.99. The zero-order valence-corrected chi connectivity index (χ0v) is 23.8. The Morgan fingerprint density at radius 2 is 1.84 bits per heavy atom. The molecule has 8 heteroatoms. The van der Waals surface area contributed by atoms with Crippen LogP contribution in [0.5, 0.6) is 11.5 Å². The number of amides is 1. The van der Waals surface area contributed by atoms with Crippen LogP contribution >= 0.6 is 22.9 Å². The monoisotopic (exact) mass is 553 g/mol. The van der Waals surface area contributed by atoms with E-state index in [2.05, 4.69) is 28.0 Å². The van der Waals surface area contributed by atoms with Crippen molar-refractivity contribution in [3.63, 3.8) is 0 Å². The molecule has 1 aromatic heterocycles. The van der Waals surface area contributed by atoms with E-state index in [9.17, 15) is 4.79 Å². The maximum absolute atomic E-state index is 12.9. The molecule has 38 heavy (non-hydrogen) atoms. The third-order valence-electron chi connectivity index (χ3n) is 7.43. The van der Waals surface area contributed by atoms with Crippen molar-refractivity contribution in [1.29, 1.82) is 0 Å². The highest BCUT2D eigenvalue weighted by Crippen LogP contribution is 2.31. The number of thiophene rings is 1. The third kappa shape index (κ3) is 6.45. The molecule has 6 nitrogen and oxygen atoms in total. The number of halogens is 1. The molecule has 2 saturated heterocycles. The van der Waals surface area contributed by atoms with Crippen molar-refractivity contribution in [3.05, 3.63) is 74.9 Å². The summed E-state index contributed by atoms with van der Waals surface area (Å²) in [5.41, 5.74) is 2.32. The number of methoxy groups -OCH3 is 1. The maximum atomic E-state index is 12.9. The summed E-state index contributed by atoms with van der Waals surface area (Å²) in [6.07, 6.45) is 2.06. The molecule has 2 aliphatic heterocycles. The largest absolute Gasteiger partial charge is 0.493 e. The number of aryl methyl sites for hydroxylation is 1. The van der Waals surface area contributed by atoms with E-state index < -0.39 is 0 Å². The minimum Gasteiger partial charge on any atom is -0.493 e. The molecule has 2 fully saturated rings. The SMILES string of the molecule is COc1ccc(CN2CCN(c3ccccc3Cl)CC2)cc1OCC1CCCN(C(=O)c2ccc(C)s2)C1. The molecule has 0 aliphatic carbocycles. The second kappa shape index (κ2) is 12.4. The summed E-state index contributed by atoms with van der Waals surface area (Å²) in [6, 6.07) is 18.2. The molecular formula is C30H36ClN3O3S. The molecule has 0 spiro atoms. The number of carbonyl (C=O) groups is 1. The Morgan fingerprint density at radius 1 is 1.03 bits per heavy atom. The highest BCUT2D eigenvalue weighted by atomic mass is 35.5. The van der Waals surface area contributed by atoms with Crippen molar-refractivity contribution in [1.82, 2.24) is 9.80 Å². The third-order valence-corrected chi connectivity index (χ3v) is 8.74. The Labute approximate surface area is 234 Å². The Balaban J connectivity index is 1.16. The van der Waals surface area contributed by atoms with Gasteiger partial charge >= 0.3 is 0 Å². The van der Waals surface area contributed by atoms with Crippen LogP contribution in [0, 0.1) is 12.8 Å². The molecule has 2 aromatic carbocycles. The summed E-state index contributed by atoms with van der Waals surface area (Å²) in [4.78, 5) is 21.8. The van der Waals surface area contributed by atoms with E-state index >= 15 is 0 Å². The fourth-order valence-corrected chi connectivity index (χ4v) is 6.43. The van der Waals surface area contributed by atoms with Gasteiger partial charge in [-0.05, 0) is 61.7 Å². The molecule has 5 rings (SSSR count). The summed E-state index contributed by atoms with van der Waals surface area (Å²) in [5, 5.41) is 0.810. The fourth-order valence-electron chi connectivity index (χ4n) is 5.34. The van der Waals surface area contributed by atoms with Gasteiger partial charge in [-0.3, -0.25) is 9.69 Å². The van der Waals surface area contributed by atoms with Crippen LogP contribution in [0.1, 0.15) is 33.0 Å². The summed E-state index contributed by atoms with van der Waals surface area (Å²) in [6.45, 7) is 8.87. The smallest absolute Gasteiger partial charge is 0.263 e. The number of hydrogen-bond donors (Lipinski definition) is 0. The van der Waals surface area contributed by atoms with E-state index in [0.29, 0.717) is 12.5 Å². The van der Waals surface area contributed by atoms with Gasteiger partial charge in [-0.15, -0.1) is 11.3 Å². The van der Waals surface area contributed by atoms with Crippen LogP contribution in [0.3, 0.4) is 0 Å². The van der Waals surface area contributed by atoms with E-state index in [0.717, 1.165) is 85.7 Å². The number of hydrogen-bond acceptors (Lipinski definition) is 6. The first-order valence-electron chi connectivity index (χ1n) is 13.4. The van der Waals surface area contributed by atoms with Gasteiger partial charge < -0.3 is 19.3 Å². The van der Waals surface area contributed by atoms with Crippen LogP contribution < -0.4 is 14.4 Å². The number of piperidine rings is 1. The average Bonchev–Trinajstić information content (AvgIpc) is 3.39. The molecule has 0 radical (unpaired) electrons. The molecule has 202 valence electrons. The van der Waals surface area contributed by atoms with Crippen LogP contribution in [0.4, 0.5) is 5.69 Å². The molecule has 2 aliphatic rings. The molecule has 3 heterocycles. The molecule has 1 unspecified atom stereocenters. The van der Waals surface area contributed by atoms with E-state index in [1.54, 1.807) is 18.4 Å². The first-order chi connectivity index (χ1) is 18.5. The number of carbonyl (C=O) groups excluding carboxylic acids is 1. The highest BCUT2D eigenvalue weighted by molar-refractivity contribution is 7.13. The molecule has 1 amide bonds. The van der Waals surface area contributed by atoms with Crippen LogP contribution in [0.15, 0.2) is 54.6 Å². The Bertz CT molecular complexity index is 1240. The van der Waals surface area contributed by atoms with Crippen LogP contribution in [0.2, 0.25) is 5.02 Å². The van der Waals surface area contributed by atoms with Crippen molar-refractivity contribution < 1.29 is 14.3 Å². The van der Waals surface area contributed by atoms with Gasteiger partial charge in [0.1, 0.15) is 0 Å². The number of rotatable bonds is 8. The van der Waals surface area contributed by atoms with Gasteiger partial charge in [0.25, 0.3) is 5.91 Å². The number of anilines is 1. The van der Waals surface area contributed by atoms with Gasteiger partial charge in [-0.1, -0.05) is 29.8 Å². The second-order valence-electron chi connectivity index (χ2n) is 10.2. The molecular weight excluding hydrogens is 518 g/mol. The number of benzene rings is 2. The summed E-state index contributed by atoms with van der Waals surface area (Å²) < 4.78 is 11.9. The van der Waals surface area contributed by atoms with Gasteiger partial charge in [0.2, 0.25) is 0 Å². The maximum Gasteiger partial charge on any atom is 0.263 e. The average molecular weight is 554 g/mol. The lowest BCUT2D eigenvalue weighted by molar-refractivity contribution is 0.0636. The molecule has 3 aromatic rings. The fraction of sp³-hybridized carbons (Fsp3) is 0.433. The van der Waals surface area contributed by atoms with E-state index in [4.69, 9.17) is 21.1 Å². The summed E-state index contributed by atoms with van der Waals surface area (Å²) >= 11 is 7.98. The molecule has 0 saturated carbocycles. The van der Waals surface area contributed by atoms with E-state index in [1.165, 1.54) is 10.4 Å². The Hall–Kier alpha value is -2.74. The topological polar surface area (TPSA) is 45.2 Å². The normalized spacial score (nSPS) is 18.4. The van der Waals surface area contributed by atoms with E-state index in [1.807, 2.05) is 48.2 Å². The first-order valence-corrected chi connectivity index (χ1v) is 14.6. The minimum absolute atomic E-state index is 0.141. The highest BCUT2D eigenvalue weighted by Gasteiger charge is 2.26. The standard InChI is InChI=1S/C30H36ClN3O3S/c1-22-9-12-29(38-22)30(35)34-13-5-6-24(20-34)21-37-28-18-23(10-11-27(28)36-2)19-32-14-16-33(17-15-32)26-8-4-3-7-25(26)31/h3-4,7-12,18,24H,5-6,13-17,19-21H2,1-2H3. The summed E-state index contributed by atoms with van der Waals surface area (Å²) in [7, 11) is 1.68. The van der Waals surface area contributed by atoms with Gasteiger partial charge in [-0.2, -0.15) is 0 Å². The molecule has 1 atom stereocenters. The Kier molecular flexibility index (Phi) is 8.77. The van der Waals surface area contributed by atoms with Gasteiger partial charge in [0.05, 0.1) is 29.3 Å². The number of para-hydroxylation sites is 1. The van der Waals surface area contributed by atoms with Crippen molar-refractivity contribution >= 4 is 34.5 Å². The van der Waals surface area contributed by atoms with Crippen molar-refractivity contribution in [2.75, 3.05) is 57.9 Å². The second-order valence-corrected chi connectivity index (χ2v) is 11.9. The summed E-state index contributed by atoms with van der Waals surface area (Å²) in [5.74, 6) is 1.97. The van der Waals surface area contributed by atoms with Crippen molar-refractivity contribution in [3.8, 4) is 11.5 Å². The zero-order chi connectivity index (χ0) is 26.5. The van der Waals surface area contributed by atoms with Gasteiger partial charge in [0.15, 0.2) is 11.5 Å². The zero-order valence-electron chi connectivity index (χ0n) is 22.2. The lowest BCUT2D eigenvalue weighted by Crippen LogP contribution is -2.46. The molecule has 0 N–H and O–H groups in total. The first kappa shape index (κ1) is 26.9. The Morgan fingerprint density at radius 3 is 2.58 bits per heavy atom. The van der Waals surface area contributed by atoms with E-state index in [-0.39, 0.29) is 5.91 Å². The predicted molar refractivity (Wildman–Crippen MR) is 155 cm³/mol. The number of likely N-dealkylation sites (tertiary alicyclic amines) is 1. The van der Waals surface area contributed by atoms with Gasteiger partial charge in [0, 0.05) is 56.6 Å². The lowest BCUT2D eigenvalue weighted by Gasteiger charge is -2.36. The quantitative estimate of drug-likeness (QED) is 0.344. The van der Waals surface area contributed by atoms with Crippen LogP contribution in [0.25, 0.3) is 0 Å². The number of piperazine rings is 1. The van der Waals surface area contributed by atoms with Crippen molar-refractivity contribution in [2.45, 2.75) is 26.3 Å². The van der Waals surface area contributed by atoms with Gasteiger partial charge in [-0.25, -0.2) is 0 Å². The molecule has 0 bridgehead atoms. The predicted octanol–water partition coefficient (Wildman–Crippen LogP) is 5.97. The number of ether oxygens (including phenoxy) is 2.